The van der Waals surface area contributed by atoms with Crippen molar-refractivity contribution in [1.82, 2.24) is 4.90 Å². The lowest BCUT2D eigenvalue weighted by Crippen LogP contribution is -2.38. The number of ether oxygens (including phenoxy) is 1. The predicted octanol–water partition coefficient (Wildman–Crippen LogP) is 2.89. The van der Waals surface area contributed by atoms with Gasteiger partial charge in [-0.15, -0.1) is 0 Å². The van der Waals surface area contributed by atoms with Crippen molar-refractivity contribution < 1.29 is 4.74 Å². The van der Waals surface area contributed by atoms with Crippen molar-refractivity contribution in [3.8, 4) is 0 Å². The van der Waals surface area contributed by atoms with Gasteiger partial charge in [-0.1, -0.05) is 13.3 Å². The summed E-state index contributed by atoms with van der Waals surface area (Å²) in [6.07, 6.45) is 7.94. The normalized spacial score (nSPS) is 18.8. The maximum Gasteiger partial charge on any atom is 0.0589 e. The fourth-order valence-corrected chi connectivity index (χ4v) is 2.98. The first-order valence-corrected chi connectivity index (χ1v) is 8.15. The lowest BCUT2D eigenvalue weighted by atomic mass is 9.96. The van der Waals surface area contributed by atoms with E-state index < -0.39 is 0 Å². The molecule has 1 fully saturated rings. The van der Waals surface area contributed by atoms with E-state index in [-0.39, 0.29) is 0 Å². The third-order valence-corrected chi connectivity index (χ3v) is 4.67. The van der Waals surface area contributed by atoms with Crippen LogP contribution in [0, 0.1) is 11.8 Å². The summed E-state index contributed by atoms with van der Waals surface area (Å²) in [5.41, 5.74) is 5.67. The Morgan fingerprint density at radius 2 is 2.00 bits per heavy atom. The molecule has 0 bridgehead atoms. The van der Waals surface area contributed by atoms with E-state index in [0.29, 0.717) is 0 Å². The molecule has 0 aromatic carbocycles. The highest BCUT2D eigenvalue weighted by Crippen LogP contribution is 2.35. The van der Waals surface area contributed by atoms with Crippen LogP contribution in [-0.2, 0) is 4.74 Å². The van der Waals surface area contributed by atoms with Gasteiger partial charge in [-0.3, -0.25) is 4.90 Å². The Labute approximate surface area is 119 Å². The summed E-state index contributed by atoms with van der Waals surface area (Å²) in [7, 11) is 1.80. The summed E-state index contributed by atoms with van der Waals surface area (Å²) in [5, 5.41) is 0. The molecular weight excluding hydrogens is 236 g/mol. The average molecular weight is 270 g/mol. The van der Waals surface area contributed by atoms with Crippen LogP contribution in [0.4, 0.5) is 0 Å². The smallest absolute Gasteiger partial charge is 0.0589 e. The summed E-state index contributed by atoms with van der Waals surface area (Å²) in [6.45, 7) is 8.69. The van der Waals surface area contributed by atoms with Crippen LogP contribution in [0.2, 0.25) is 0 Å². The van der Waals surface area contributed by atoms with Gasteiger partial charge in [0.2, 0.25) is 0 Å². The van der Waals surface area contributed by atoms with Crippen LogP contribution < -0.4 is 5.73 Å². The number of nitrogens with two attached hydrogens (primary N) is 1. The molecule has 1 aliphatic carbocycles. The minimum absolute atomic E-state index is 0.740. The molecule has 19 heavy (non-hydrogen) atoms. The molecule has 3 nitrogen and oxygen atoms in total. The van der Waals surface area contributed by atoms with Gasteiger partial charge in [0.05, 0.1) is 6.61 Å². The Bertz CT molecular complexity index is 219. The topological polar surface area (TPSA) is 38.5 Å². The van der Waals surface area contributed by atoms with Crippen molar-refractivity contribution in [2.45, 2.75) is 58.4 Å². The van der Waals surface area contributed by atoms with Crippen molar-refractivity contribution in [3.63, 3.8) is 0 Å². The zero-order valence-corrected chi connectivity index (χ0v) is 13.2. The van der Waals surface area contributed by atoms with Crippen molar-refractivity contribution in [2.75, 3.05) is 33.4 Å². The molecule has 2 atom stereocenters. The van der Waals surface area contributed by atoms with Gasteiger partial charge in [-0.2, -0.15) is 0 Å². The third-order valence-electron chi connectivity index (χ3n) is 4.67. The third kappa shape index (κ3) is 6.73. The number of methoxy groups -OCH3 is 1. The van der Waals surface area contributed by atoms with E-state index in [2.05, 4.69) is 18.7 Å². The highest BCUT2D eigenvalue weighted by atomic mass is 16.5. The van der Waals surface area contributed by atoms with Gasteiger partial charge in [0.25, 0.3) is 0 Å². The molecule has 0 amide bonds. The highest BCUT2D eigenvalue weighted by molar-refractivity contribution is 4.85. The quantitative estimate of drug-likeness (QED) is 0.592. The molecule has 0 aliphatic heterocycles. The lowest BCUT2D eigenvalue weighted by molar-refractivity contribution is 0.114. The summed E-state index contributed by atoms with van der Waals surface area (Å²) in [5.74, 6) is 1.77. The lowest BCUT2D eigenvalue weighted by Gasteiger charge is -2.29. The molecule has 3 heteroatoms. The number of hydrogen-bond acceptors (Lipinski definition) is 3. The second-order valence-electron chi connectivity index (χ2n) is 6.10. The summed E-state index contributed by atoms with van der Waals surface area (Å²) in [4.78, 5) is 2.64. The molecule has 2 N–H and O–H groups in total. The molecule has 1 rings (SSSR count). The standard InChI is InChI=1S/C16H34N2O/c1-4-15(9-10-17)6-5-11-18(12-13-19-3)14(2)16-7-8-16/h14-16H,4-13,17H2,1-3H3. The second kappa shape index (κ2) is 9.73. The zero-order chi connectivity index (χ0) is 14.1. The van der Waals surface area contributed by atoms with E-state index in [9.17, 15) is 0 Å². The molecule has 0 aromatic heterocycles. The maximum absolute atomic E-state index is 5.67. The van der Waals surface area contributed by atoms with Crippen LogP contribution in [0.3, 0.4) is 0 Å². The summed E-state index contributed by atoms with van der Waals surface area (Å²) >= 11 is 0. The van der Waals surface area contributed by atoms with Crippen LogP contribution in [0.15, 0.2) is 0 Å². The monoisotopic (exact) mass is 270 g/mol. The fourth-order valence-electron chi connectivity index (χ4n) is 2.98. The molecule has 1 saturated carbocycles. The number of hydrogen-bond donors (Lipinski definition) is 1. The number of rotatable bonds is 12. The Morgan fingerprint density at radius 1 is 1.26 bits per heavy atom. The van der Waals surface area contributed by atoms with Crippen molar-refractivity contribution in [3.05, 3.63) is 0 Å². The summed E-state index contributed by atoms with van der Waals surface area (Å²) < 4.78 is 5.25. The van der Waals surface area contributed by atoms with Crippen LogP contribution in [0.5, 0.6) is 0 Å². The molecule has 0 aromatic rings. The van der Waals surface area contributed by atoms with Crippen molar-refractivity contribution >= 4 is 0 Å². The van der Waals surface area contributed by atoms with Crippen molar-refractivity contribution in [1.29, 1.82) is 0 Å². The highest BCUT2D eigenvalue weighted by Gasteiger charge is 2.31. The van der Waals surface area contributed by atoms with E-state index >= 15 is 0 Å². The van der Waals surface area contributed by atoms with Gasteiger partial charge in [0, 0.05) is 19.7 Å². The minimum atomic E-state index is 0.740. The average Bonchev–Trinajstić information content (AvgIpc) is 3.25. The predicted molar refractivity (Wildman–Crippen MR) is 82.3 cm³/mol. The molecule has 0 radical (unpaired) electrons. The first-order chi connectivity index (χ1) is 9.22. The van der Waals surface area contributed by atoms with Crippen molar-refractivity contribution in [2.24, 2.45) is 17.6 Å². The second-order valence-corrected chi connectivity index (χ2v) is 6.10. The Balaban J connectivity index is 2.26. The van der Waals surface area contributed by atoms with E-state index in [4.69, 9.17) is 10.5 Å². The maximum atomic E-state index is 5.67. The molecule has 2 unspecified atom stereocenters. The molecule has 1 aliphatic rings. The van der Waals surface area contributed by atoms with E-state index in [1.54, 1.807) is 7.11 Å². The molecular formula is C16H34N2O. The number of nitrogens with zero attached hydrogens (tertiary/aromatic N) is 1. The minimum Gasteiger partial charge on any atom is -0.383 e. The van der Waals surface area contributed by atoms with Gasteiger partial charge in [0.1, 0.15) is 0 Å². The Kier molecular flexibility index (Phi) is 8.67. The summed E-state index contributed by atoms with van der Waals surface area (Å²) in [6, 6.07) is 0.740. The molecule has 0 saturated heterocycles. The molecule has 0 spiro atoms. The van der Waals surface area contributed by atoms with E-state index in [1.165, 1.54) is 45.1 Å². The first kappa shape index (κ1) is 16.9. The van der Waals surface area contributed by atoms with Gasteiger partial charge >= 0.3 is 0 Å². The van der Waals surface area contributed by atoms with Crippen LogP contribution in [0.1, 0.15) is 52.4 Å². The molecule has 114 valence electrons. The van der Waals surface area contributed by atoms with Gasteiger partial charge in [-0.25, -0.2) is 0 Å². The van der Waals surface area contributed by atoms with E-state index in [0.717, 1.165) is 37.6 Å². The van der Waals surface area contributed by atoms with Gasteiger partial charge in [-0.05, 0) is 64.0 Å². The SMILES string of the molecule is CCC(CCN)CCCN(CCOC)C(C)C1CC1. The van der Waals surface area contributed by atoms with Crippen LogP contribution >= 0.6 is 0 Å². The molecule has 0 heterocycles. The van der Waals surface area contributed by atoms with Crippen LogP contribution in [-0.4, -0.2) is 44.3 Å². The Morgan fingerprint density at radius 3 is 2.53 bits per heavy atom. The largest absolute Gasteiger partial charge is 0.383 e. The van der Waals surface area contributed by atoms with Gasteiger partial charge in [0.15, 0.2) is 0 Å². The van der Waals surface area contributed by atoms with E-state index in [1.807, 2.05) is 0 Å². The van der Waals surface area contributed by atoms with Crippen LogP contribution in [0.25, 0.3) is 0 Å². The van der Waals surface area contributed by atoms with Gasteiger partial charge < -0.3 is 10.5 Å². The zero-order valence-electron chi connectivity index (χ0n) is 13.2. The first-order valence-electron chi connectivity index (χ1n) is 8.15. The Hall–Kier alpha value is -0.120. The fraction of sp³-hybridized carbons (Fsp3) is 1.00.